The van der Waals surface area contributed by atoms with E-state index in [0.717, 1.165) is 43.2 Å². The molecule has 3 N–H and O–H groups in total. The van der Waals surface area contributed by atoms with Gasteiger partial charge in [0.05, 0.1) is 0 Å². The second kappa shape index (κ2) is 9.93. The van der Waals surface area contributed by atoms with Crippen LogP contribution in [0, 0.1) is 12.3 Å². The second-order valence-corrected chi connectivity index (χ2v) is 10.0. The van der Waals surface area contributed by atoms with E-state index in [1.807, 2.05) is 6.07 Å². The van der Waals surface area contributed by atoms with Gasteiger partial charge in [-0.2, -0.15) is 0 Å². The monoisotopic (exact) mass is 519 g/mol. The third kappa shape index (κ3) is 4.86. The Labute approximate surface area is 218 Å². The van der Waals surface area contributed by atoms with Gasteiger partial charge in [0.1, 0.15) is 16.7 Å². The van der Waals surface area contributed by atoms with Gasteiger partial charge < -0.3 is 20.3 Å². The fourth-order valence-electron chi connectivity index (χ4n) is 4.99. The summed E-state index contributed by atoms with van der Waals surface area (Å²) in [6.45, 7) is 0. The number of hydrogen-bond donors (Lipinski definition) is 3. The van der Waals surface area contributed by atoms with Crippen LogP contribution in [-0.4, -0.2) is 40.2 Å². The molecule has 2 saturated carbocycles. The molecule has 2 aliphatic carbocycles. The molecule has 196 valence electrons. The van der Waals surface area contributed by atoms with Gasteiger partial charge >= 0.3 is 0 Å². The van der Waals surface area contributed by atoms with Crippen molar-refractivity contribution in [3.8, 4) is 23.5 Å². The number of carbonyl (C=O) groups excluding carboxylic acids is 2. The van der Waals surface area contributed by atoms with E-state index in [1.54, 1.807) is 30.3 Å². The number of halogens is 2. The molecule has 2 aliphatic rings. The summed E-state index contributed by atoms with van der Waals surface area (Å²) in [6, 6.07) is 13.2. The molecule has 0 atom stereocenters. The molecule has 0 aliphatic heterocycles. The van der Waals surface area contributed by atoms with Crippen molar-refractivity contribution in [2.45, 2.75) is 62.4 Å². The Morgan fingerprint density at radius 3 is 2.26 bits per heavy atom. The fraction of sp³-hybridized carbons (Fsp3) is 0.345. The third-order valence-corrected chi connectivity index (χ3v) is 7.45. The van der Waals surface area contributed by atoms with Gasteiger partial charge in [0.15, 0.2) is 11.5 Å². The van der Waals surface area contributed by atoms with Crippen LogP contribution in [0.3, 0.4) is 0 Å². The minimum atomic E-state index is -2.90. The minimum absolute atomic E-state index is 0.0871. The molecule has 0 bridgehead atoms. The molecule has 0 radical (unpaired) electrons. The van der Waals surface area contributed by atoms with E-state index in [2.05, 4.69) is 21.7 Å². The van der Waals surface area contributed by atoms with Crippen LogP contribution in [-0.2, 0) is 4.79 Å². The number of terminal acetylenes is 1. The average Bonchev–Trinajstić information content (AvgIpc) is 3.56. The summed E-state index contributed by atoms with van der Waals surface area (Å²) in [7, 11) is 0. The molecule has 0 saturated heterocycles. The largest absolute Gasteiger partial charge is 0.451 e. The highest BCUT2D eigenvalue weighted by atomic mass is 19.3. The van der Waals surface area contributed by atoms with Gasteiger partial charge in [-0.1, -0.05) is 66.7 Å². The van der Waals surface area contributed by atoms with Crippen molar-refractivity contribution >= 4 is 28.5 Å². The van der Waals surface area contributed by atoms with Gasteiger partial charge in [-0.3, -0.25) is 9.59 Å². The summed E-state index contributed by atoms with van der Waals surface area (Å²) >= 11 is 0. The average molecular weight is 520 g/mol. The molecule has 2 amide bonds. The Kier molecular flexibility index (Phi) is 6.66. The molecule has 5 rings (SSSR count). The predicted molar refractivity (Wildman–Crippen MR) is 138 cm³/mol. The third-order valence-electron chi connectivity index (χ3n) is 7.45. The van der Waals surface area contributed by atoms with E-state index in [4.69, 9.17) is 16.0 Å². The van der Waals surface area contributed by atoms with Crippen molar-refractivity contribution in [1.82, 2.24) is 10.6 Å². The SMILES string of the molecule is C#CC1(NC(=O)C2(NC(=O)c3cc4ccc(-c5ccc(/C(=N/O)C(F)F)cc5)cc4o3)CCCCC2)CC1. The standard InChI is InChI=1S/C29H27F2N3O4/c1-2-28(14-15-28)33-27(36)29(12-4-3-5-13-29)32-26(35)23-17-21-11-10-20(16-22(21)38-23)18-6-8-19(9-7-18)24(34-37)25(30)31/h1,6-11,16-17,25,37H,3-5,12-15H2,(H,32,35)(H,33,36)/b34-24-. The van der Waals surface area contributed by atoms with Crippen molar-refractivity contribution in [3.63, 3.8) is 0 Å². The quantitative estimate of drug-likeness (QED) is 0.172. The molecule has 1 heterocycles. The number of alkyl halides is 2. The van der Waals surface area contributed by atoms with Gasteiger partial charge in [-0.15, -0.1) is 6.42 Å². The molecule has 7 nitrogen and oxygen atoms in total. The summed E-state index contributed by atoms with van der Waals surface area (Å²) in [5.74, 6) is 2.03. The normalized spacial score (nSPS) is 18.1. The lowest BCUT2D eigenvalue weighted by Gasteiger charge is -2.37. The molecule has 3 aromatic rings. The van der Waals surface area contributed by atoms with Crippen molar-refractivity contribution in [1.29, 1.82) is 0 Å². The first-order valence-corrected chi connectivity index (χ1v) is 12.6. The van der Waals surface area contributed by atoms with E-state index in [-0.39, 0.29) is 17.2 Å². The molecule has 9 heteroatoms. The number of nitrogens with one attached hydrogen (secondary N) is 2. The van der Waals surface area contributed by atoms with Crippen LogP contribution in [0.15, 0.2) is 58.1 Å². The minimum Gasteiger partial charge on any atom is -0.451 e. The lowest BCUT2D eigenvalue weighted by atomic mass is 9.80. The first-order valence-electron chi connectivity index (χ1n) is 12.6. The maximum atomic E-state index is 13.3. The smallest absolute Gasteiger partial charge is 0.287 e. The van der Waals surface area contributed by atoms with Gasteiger partial charge in [-0.05, 0) is 48.9 Å². The Bertz CT molecular complexity index is 1440. The van der Waals surface area contributed by atoms with Crippen LogP contribution in [0.5, 0.6) is 0 Å². The Morgan fingerprint density at radius 2 is 1.66 bits per heavy atom. The highest BCUT2D eigenvalue weighted by molar-refractivity contribution is 6.03. The van der Waals surface area contributed by atoms with Crippen LogP contribution >= 0.6 is 0 Å². The van der Waals surface area contributed by atoms with Crippen LogP contribution in [0.4, 0.5) is 8.78 Å². The van der Waals surface area contributed by atoms with Gasteiger partial charge in [0.2, 0.25) is 5.91 Å². The van der Waals surface area contributed by atoms with E-state index in [0.29, 0.717) is 23.8 Å². The Morgan fingerprint density at radius 1 is 0.974 bits per heavy atom. The maximum absolute atomic E-state index is 13.3. The van der Waals surface area contributed by atoms with Gasteiger partial charge in [0.25, 0.3) is 12.3 Å². The number of oxime groups is 1. The first-order chi connectivity index (χ1) is 18.3. The number of amides is 2. The summed E-state index contributed by atoms with van der Waals surface area (Å²) in [6.07, 6.45) is 7.86. The molecular formula is C29H27F2N3O4. The zero-order valence-electron chi connectivity index (χ0n) is 20.6. The number of nitrogens with zero attached hydrogens (tertiary/aromatic N) is 1. The zero-order valence-corrected chi connectivity index (χ0v) is 20.6. The lowest BCUT2D eigenvalue weighted by Crippen LogP contribution is -2.61. The Hall–Kier alpha value is -4.19. The zero-order chi connectivity index (χ0) is 26.9. The van der Waals surface area contributed by atoms with E-state index in [9.17, 15) is 18.4 Å². The summed E-state index contributed by atoms with van der Waals surface area (Å²) in [4.78, 5) is 26.5. The predicted octanol–water partition coefficient (Wildman–Crippen LogP) is 5.26. The number of hydrogen-bond acceptors (Lipinski definition) is 5. The highest BCUT2D eigenvalue weighted by Crippen LogP contribution is 2.37. The van der Waals surface area contributed by atoms with Crippen LogP contribution in [0.25, 0.3) is 22.1 Å². The summed E-state index contributed by atoms with van der Waals surface area (Å²) in [5, 5.41) is 18.2. The number of carbonyl (C=O) groups is 2. The summed E-state index contributed by atoms with van der Waals surface area (Å²) in [5.41, 5.74) is -0.297. The maximum Gasteiger partial charge on any atom is 0.287 e. The van der Waals surface area contributed by atoms with E-state index < -0.39 is 29.1 Å². The summed E-state index contributed by atoms with van der Waals surface area (Å²) < 4.78 is 31.9. The van der Waals surface area contributed by atoms with Crippen molar-refractivity contribution in [2.24, 2.45) is 5.16 Å². The first kappa shape index (κ1) is 25.5. The highest BCUT2D eigenvalue weighted by Gasteiger charge is 2.48. The molecule has 0 spiro atoms. The molecular weight excluding hydrogens is 492 g/mol. The topological polar surface area (TPSA) is 104 Å². The molecule has 1 aromatic heterocycles. The number of benzene rings is 2. The molecule has 2 fully saturated rings. The van der Waals surface area contributed by atoms with Crippen molar-refractivity contribution in [2.75, 3.05) is 0 Å². The van der Waals surface area contributed by atoms with Gasteiger partial charge in [-0.25, -0.2) is 8.78 Å². The lowest BCUT2D eigenvalue weighted by molar-refractivity contribution is -0.129. The fourth-order valence-corrected chi connectivity index (χ4v) is 4.99. The van der Waals surface area contributed by atoms with Crippen LogP contribution < -0.4 is 10.6 Å². The van der Waals surface area contributed by atoms with E-state index >= 15 is 0 Å². The van der Waals surface area contributed by atoms with Gasteiger partial charge in [0, 0.05) is 10.9 Å². The number of fused-ring (bicyclic) bond motifs is 1. The molecule has 38 heavy (non-hydrogen) atoms. The van der Waals surface area contributed by atoms with Crippen LogP contribution in [0.2, 0.25) is 0 Å². The number of rotatable bonds is 7. The second-order valence-electron chi connectivity index (χ2n) is 10.0. The van der Waals surface area contributed by atoms with Crippen LogP contribution in [0.1, 0.15) is 61.1 Å². The number of furan rings is 1. The molecule has 0 unspecified atom stereocenters. The van der Waals surface area contributed by atoms with Crippen molar-refractivity contribution in [3.05, 3.63) is 59.9 Å². The molecule has 2 aromatic carbocycles. The van der Waals surface area contributed by atoms with E-state index in [1.165, 1.54) is 12.1 Å². The van der Waals surface area contributed by atoms with Crippen molar-refractivity contribution < 1.29 is 28.0 Å². The Balaban J connectivity index is 1.36.